The molecule has 0 spiro atoms. The summed E-state index contributed by atoms with van der Waals surface area (Å²) in [6, 6.07) is 19.1. The summed E-state index contributed by atoms with van der Waals surface area (Å²) in [6.07, 6.45) is 5.46. The van der Waals surface area contributed by atoms with Crippen LogP contribution in [-0.4, -0.2) is 25.6 Å². The monoisotopic (exact) mass is 411 g/mol. The van der Waals surface area contributed by atoms with Gasteiger partial charge in [-0.2, -0.15) is 0 Å². The Morgan fingerprint density at radius 1 is 1.06 bits per heavy atom. The van der Waals surface area contributed by atoms with E-state index in [1.807, 2.05) is 66.9 Å². The number of fused-ring (bicyclic) bond motifs is 1. The van der Waals surface area contributed by atoms with Gasteiger partial charge in [0.2, 0.25) is 0 Å². The molecular weight excluding hydrogens is 386 g/mol. The molecule has 0 aliphatic heterocycles. The molecule has 2 aromatic heterocycles. The molecule has 5 heteroatoms. The van der Waals surface area contributed by atoms with Crippen LogP contribution in [0.25, 0.3) is 22.8 Å². The molecule has 2 aromatic carbocycles. The number of benzene rings is 2. The van der Waals surface area contributed by atoms with Crippen LogP contribution in [0.1, 0.15) is 41.4 Å². The molecule has 0 radical (unpaired) electrons. The van der Waals surface area contributed by atoms with Crippen LogP contribution >= 0.6 is 0 Å². The van der Waals surface area contributed by atoms with Crippen molar-refractivity contribution < 1.29 is 9.90 Å². The molecule has 1 N–H and O–H groups in total. The smallest absolute Gasteiger partial charge is 0.336 e. The summed E-state index contributed by atoms with van der Waals surface area (Å²) in [5.74, 6) is 0.103. The van der Waals surface area contributed by atoms with E-state index in [0.717, 1.165) is 46.5 Å². The number of carbonyl (C=O) groups is 1. The van der Waals surface area contributed by atoms with E-state index >= 15 is 0 Å². The molecule has 0 saturated carbocycles. The third kappa shape index (κ3) is 4.40. The quantitative estimate of drug-likeness (QED) is 0.328. The molecule has 0 aliphatic carbocycles. The Bertz CT molecular complexity index is 1240. The maximum absolute atomic E-state index is 11.7. The zero-order valence-electron chi connectivity index (χ0n) is 17.7. The Labute approximate surface area is 181 Å². The van der Waals surface area contributed by atoms with Crippen molar-refractivity contribution in [2.24, 2.45) is 0 Å². The fourth-order valence-corrected chi connectivity index (χ4v) is 3.72. The minimum absolute atomic E-state index is 0.277. The summed E-state index contributed by atoms with van der Waals surface area (Å²) in [4.78, 5) is 21.2. The Balaban J connectivity index is 1.64. The van der Waals surface area contributed by atoms with Gasteiger partial charge in [0.15, 0.2) is 5.65 Å². The highest BCUT2D eigenvalue weighted by Crippen LogP contribution is 2.22. The first-order valence-corrected chi connectivity index (χ1v) is 10.5. The number of hydrogen-bond donors (Lipinski definition) is 1. The van der Waals surface area contributed by atoms with Crippen LogP contribution in [0.2, 0.25) is 0 Å². The maximum atomic E-state index is 11.7. The van der Waals surface area contributed by atoms with Crippen molar-refractivity contribution in [2.45, 2.75) is 33.2 Å². The lowest BCUT2D eigenvalue weighted by molar-refractivity contribution is -0.130. The molecule has 4 rings (SSSR count). The highest BCUT2D eigenvalue weighted by molar-refractivity contribution is 6.20. The van der Waals surface area contributed by atoms with Crippen LogP contribution in [0.5, 0.6) is 0 Å². The predicted octanol–water partition coefficient (Wildman–Crippen LogP) is 5.37. The minimum Gasteiger partial charge on any atom is -0.478 e. The Hall–Kier alpha value is -3.73. The fourth-order valence-electron chi connectivity index (χ4n) is 3.72. The van der Waals surface area contributed by atoms with Gasteiger partial charge in [0.25, 0.3) is 0 Å². The zero-order valence-corrected chi connectivity index (χ0v) is 17.7. The summed E-state index contributed by atoms with van der Waals surface area (Å²) in [7, 11) is 0. The van der Waals surface area contributed by atoms with E-state index in [-0.39, 0.29) is 5.57 Å². The number of carboxylic acid groups (broad SMARTS) is 1. The molecule has 156 valence electrons. The number of nitrogens with zero attached hydrogens (tertiary/aromatic N) is 3. The second kappa shape index (κ2) is 8.96. The molecule has 2 heterocycles. The zero-order chi connectivity index (χ0) is 21.8. The average Bonchev–Trinajstić information content (AvgIpc) is 3.12. The number of aryl methyl sites for hydroxylation is 2. The molecule has 0 unspecified atom stereocenters. The molecular formula is C26H25N3O2. The Kier molecular flexibility index (Phi) is 5.94. The Morgan fingerprint density at radius 3 is 2.48 bits per heavy atom. The lowest BCUT2D eigenvalue weighted by Crippen LogP contribution is -2.06. The standard InChI is InChI=1S/C26H25N3O2/c1-3-7-23-28-24-18(2)14-15-27-25(24)29(23)17-20-12-10-19(11-13-20)16-22(26(30)31)21-8-5-4-6-9-21/h4-6,8-16H,3,7,17H2,1-2H3,(H,30,31)/b22-16-. The fraction of sp³-hybridized carbons (Fsp3) is 0.192. The van der Waals surface area contributed by atoms with Crippen molar-refractivity contribution in [2.75, 3.05) is 0 Å². The largest absolute Gasteiger partial charge is 0.478 e. The second-order valence-electron chi connectivity index (χ2n) is 7.64. The number of rotatable bonds is 7. The average molecular weight is 412 g/mol. The number of carboxylic acids is 1. The summed E-state index contributed by atoms with van der Waals surface area (Å²) in [6.45, 7) is 4.89. The number of imidazole rings is 1. The molecule has 31 heavy (non-hydrogen) atoms. The van der Waals surface area contributed by atoms with Crippen LogP contribution in [-0.2, 0) is 17.8 Å². The molecule has 0 atom stereocenters. The van der Waals surface area contributed by atoms with E-state index in [0.29, 0.717) is 12.1 Å². The first-order chi connectivity index (χ1) is 15.1. The predicted molar refractivity (Wildman–Crippen MR) is 124 cm³/mol. The third-order valence-corrected chi connectivity index (χ3v) is 5.34. The highest BCUT2D eigenvalue weighted by atomic mass is 16.4. The summed E-state index contributed by atoms with van der Waals surface area (Å²) >= 11 is 0. The summed E-state index contributed by atoms with van der Waals surface area (Å²) in [5, 5.41) is 9.63. The molecule has 0 amide bonds. The third-order valence-electron chi connectivity index (χ3n) is 5.34. The van der Waals surface area contributed by atoms with Crippen molar-refractivity contribution in [3.8, 4) is 0 Å². The summed E-state index contributed by atoms with van der Waals surface area (Å²) < 4.78 is 2.18. The van der Waals surface area contributed by atoms with Crippen molar-refractivity contribution in [3.63, 3.8) is 0 Å². The first-order valence-electron chi connectivity index (χ1n) is 10.5. The number of pyridine rings is 1. The SMILES string of the molecule is CCCc1nc2c(C)ccnc2n1Cc1ccc(/C=C(\C(=O)O)c2ccccc2)cc1. The molecule has 5 nitrogen and oxygen atoms in total. The lowest BCUT2D eigenvalue weighted by atomic mass is 10.0. The number of hydrogen-bond acceptors (Lipinski definition) is 3. The van der Waals surface area contributed by atoms with Gasteiger partial charge >= 0.3 is 5.97 Å². The van der Waals surface area contributed by atoms with Gasteiger partial charge in [-0.15, -0.1) is 0 Å². The van der Waals surface area contributed by atoms with Crippen LogP contribution in [0.15, 0.2) is 66.9 Å². The van der Waals surface area contributed by atoms with Gasteiger partial charge in [-0.05, 0) is 47.7 Å². The van der Waals surface area contributed by atoms with Crippen molar-refractivity contribution in [1.82, 2.24) is 14.5 Å². The molecule has 0 saturated heterocycles. The Morgan fingerprint density at radius 2 is 1.81 bits per heavy atom. The van der Waals surface area contributed by atoms with E-state index < -0.39 is 5.97 Å². The van der Waals surface area contributed by atoms with E-state index in [2.05, 4.69) is 23.4 Å². The van der Waals surface area contributed by atoms with Gasteiger partial charge in [0.05, 0.1) is 12.1 Å². The lowest BCUT2D eigenvalue weighted by Gasteiger charge is -2.09. The van der Waals surface area contributed by atoms with Gasteiger partial charge < -0.3 is 9.67 Å². The van der Waals surface area contributed by atoms with Crippen molar-refractivity contribution >= 4 is 28.8 Å². The van der Waals surface area contributed by atoms with Gasteiger partial charge in [0.1, 0.15) is 11.3 Å². The highest BCUT2D eigenvalue weighted by Gasteiger charge is 2.14. The molecule has 0 bridgehead atoms. The molecule has 4 aromatic rings. The molecule has 0 aliphatic rings. The van der Waals surface area contributed by atoms with Crippen LogP contribution in [0, 0.1) is 6.92 Å². The van der Waals surface area contributed by atoms with E-state index in [1.54, 1.807) is 6.08 Å². The first kappa shape index (κ1) is 20.5. The maximum Gasteiger partial charge on any atom is 0.336 e. The van der Waals surface area contributed by atoms with Gasteiger partial charge in [0, 0.05) is 12.6 Å². The van der Waals surface area contributed by atoms with Crippen LogP contribution < -0.4 is 0 Å². The van der Waals surface area contributed by atoms with Crippen molar-refractivity contribution in [3.05, 3.63) is 94.9 Å². The van der Waals surface area contributed by atoms with Crippen LogP contribution in [0.4, 0.5) is 0 Å². The van der Waals surface area contributed by atoms with Gasteiger partial charge in [-0.3, -0.25) is 0 Å². The van der Waals surface area contributed by atoms with E-state index in [9.17, 15) is 9.90 Å². The number of aliphatic carboxylic acids is 1. The topological polar surface area (TPSA) is 68.0 Å². The number of aromatic nitrogens is 3. The van der Waals surface area contributed by atoms with Gasteiger partial charge in [-0.25, -0.2) is 14.8 Å². The van der Waals surface area contributed by atoms with Crippen LogP contribution in [0.3, 0.4) is 0 Å². The minimum atomic E-state index is -0.939. The van der Waals surface area contributed by atoms with Gasteiger partial charge in [-0.1, -0.05) is 61.5 Å². The molecule has 0 fully saturated rings. The van der Waals surface area contributed by atoms with E-state index in [1.165, 1.54) is 0 Å². The van der Waals surface area contributed by atoms with Crippen molar-refractivity contribution in [1.29, 1.82) is 0 Å². The normalized spacial score (nSPS) is 11.7. The summed E-state index contributed by atoms with van der Waals surface area (Å²) in [5.41, 5.74) is 5.93. The van der Waals surface area contributed by atoms with E-state index in [4.69, 9.17) is 4.98 Å². The second-order valence-corrected chi connectivity index (χ2v) is 7.64.